The molecule has 1 amide bonds. The quantitative estimate of drug-likeness (QED) is 0.654. The number of nitrogens with zero attached hydrogens (tertiary/aromatic N) is 1. The molecule has 2 aliphatic rings. The summed E-state index contributed by atoms with van der Waals surface area (Å²) in [6.07, 6.45) is 1.95. The molecular weight excluding hydrogens is 216 g/mol. The lowest BCUT2D eigenvalue weighted by atomic mass is 10.2. The number of carboxylic acids is 1. The molecule has 0 aromatic heterocycles. The van der Waals surface area contributed by atoms with Crippen molar-refractivity contribution in [3.8, 4) is 0 Å². The maximum Gasteiger partial charge on any atom is 0.326 e. The largest absolute Gasteiger partial charge is 0.480 e. The van der Waals surface area contributed by atoms with Crippen molar-refractivity contribution in [2.45, 2.75) is 36.7 Å². The Labute approximate surface area is 92.0 Å². The fourth-order valence-corrected chi connectivity index (χ4v) is 3.50. The fraction of sp³-hybridized carbons (Fsp3) is 0.778. The Morgan fingerprint density at radius 1 is 1.47 bits per heavy atom. The van der Waals surface area contributed by atoms with Gasteiger partial charge in [-0.25, -0.2) is 4.79 Å². The lowest BCUT2D eigenvalue weighted by molar-refractivity contribution is -0.149. The number of nitrogens with two attached hydrogens (primary N) is 1. The number of fused-ring (bicyclic) bond motifs is 1. The highest BCUT2D eigenvalue weighted by atomic mass is 32.2. The van der Waals surface area contributed by atoms with Crippen LogP contribution in [-0.4, -0.2) is 45.1 Å². The third-order valence-corrected chi connectivity index (χ3v) is 4.25. The molecule has 2 aliphatic heterocycles. The Morgan fingerprint density at radius 2 is 2.20 bits per heavy atom. The number of amides is 1. The van der Waals surface area contributed by atoms with E-state index in [9.17, 15) is 9.59 Å². The van der Waals surface area contributed by atoms with Crippen LogP contribution in [0.3, 0.4) is 0 Å². The van der Waals surface area contributed by atoms with Gasteiger partial charge in [0.2, 0.25) is 5.91 Å². The number of carboxylic acid groups (broad SMARTS) is 1. The van der Waals surface area contributed by atoms with Gasteiger partial charge < -0.3 is 15.7 Å². The van der Waals surface area contributed by atoms with Gasteiger partial charge in [-0.3, -0.25) is 4.79 Å². The van der Waals surface area contributed by atoms with Gasteiger partial charge >= 0.3 is 5.97 Å². The standard InChI is InChI=1S/C9H14N2O3S/c10-5-3-4-15-7-2-1-6(9(13)14)11(7)8(5)12/h5-7H,1-4,10H2,(H,13,14)/t5-,6?,7?/m0/s1. The Kier molecular flexibility index (Phi) is 2.88. The Morgan fingerprint density at radius 3 is 2.87 bits per heavy atom. The molecule has 15 heavy (non-hydrogen) atoms. The first kappa shape index (κ1) is 10.8. The minimum Gasteiger partial charge on any atom is -0.480 e. The average Bonchev–Trinajstić information content (AvgIpc) is 2.55. The molecule has 0 saturated carbocycles. The molecule has 5 nitrogen and oxygen atoms in total. The zero-order valence-electron chi connectivity index (χ0n) is 8.26. The van der Waals surface area contributed by atoms with Crippen LogP contribution >= 0.6 is 11.8 Å². The summed E-state index contributed by atoms with van der Waals surface area (Å²) in [4.78, 5) is 24.3. The van der Waals surface area contributed by atoms with Crippen molar-refractivity contribution in [3.63, 3.8) is 0 Å². The number of aliphatic carboxylic acids is 1. The van der Waals surface area contributed by atoms with Crippen molar-refractivity contribution >= 4 is 23.6 Å². The minimum atomic E-state index is -0.916. The van der Waals surface area contributed by atoms with Crippen molar-refractivity contribution in [2.75, 3.05) is 5.75 Å². The number of carbonyl (C=O) groups is 2. The predicted octanol–water partition coefficient (Wildman–Crippen LogP) is -0.148. The van der Waals surface area contributed by atoms with Crippen molar-refractivity contribution in [1.29, 1.82) is 0 Å². The van der Waals surface area contributed by atoms with Crippen LogP contribution in [-0.2, 0) is 9.59 Å². The number of thioether (sulfide) groups is 1. The molecule has 0 aromatic carbocycles. The summed E-state index contributed by atoms with van der Waals surface area (Å²) in [7, 11) is 0. The lowest BCUT2D eigenvalue weighted by Gasteiger charge is -2.27. The van der Waals surface area contributed by atoms with E-state index < -0.39 is 18.1 Å². The van der Waals surface area contributed by atoms with Crippen LogP contribution in [0.2, 0.25) is 0 Å². The summed E-state index contributed by atoms with van der Waals surface area (Å²) in [6.45, 7) is 0. The molecular formula is C9H14N2O3S. The molecule has 2 unspecified atom stereocenters. The van der Waals surface area contributed by atoms with Gasteiger partial charge in [0, 0.05) is 0 Å². The molecule has 0 radical (unpaired) electrons. The highest BCUT2D eigenvalue weighted by molar-refractivity contribution is 7.99. The molecule has 2 saturated heterocycles. The molecule has 0 bridgehead atoms. The van der Waals surface area contributed by atoms with Gasteiger partial charge in [0.1, 0.15) is 6.04 Å². The summed E-state index contributed by atoms with van der Waals surface area (Å²) in [5.41, 5.74) is 5.70. The summed E-state index contributed by atoms with van der Waals surface area (Å²) >= 11 is 1.65. The van der Waals surface area contributed by atoms with Gasteiger partial charge in [0.05, 0.1) is 11.4 Å². The SMILES string of the molecule is N[C@H]1CCSC2CCC(C(=O)O)N2C1=O. The number of hydrogen-bond donors (Lipinski definition) is 2. The summed E-state index contributed by atoms with van der Waals surface area (Å²) < 4.78 is 0. The maximum absolute atomic E-state index is 11.9. The number of rotatable bonds is 1. The monoisotopic (exact) mass is 230 g/mol. The van der Waals surface area contributed by atoms with Crippen molar-refractivity contribution in [2.24, 2.45) is 5.73 Å². The van der Waals surface area contributed by atoms with E-state index in [0.29, 0.717) is 12.8 Å². The van der Waals surface area contributed by atoms with Crippen LogP contribution in [0.1, 0.15) is 19.3 Å². The molecule has 2 fully saturated rings. The molecule has 6 heteroatoms. The van der Waals surface area contributed by atoms with E-state index >= 15 is 0 Å². The van der Waals surface area contributed by atoms with Gasteiger partial charge in [0.25, 0.3) is 0 Å². The molecule has 0 spiro atoms. The van der Waals surface area contributed by atoms with Gasteiger partial charge in [-0.15, -0.1) is 11.8 Å². The Hall–Kier alpha value is -0.750. The molecule has 3 N–H and O–H groups in total. The van der Waals surface area contributed by atoms with Crippen molar-refractivity contribution < 1.29 is 14.7 Å². The van der Waals surface area contributed by atoms with Gasteiger partial charge in [0.15, 0.2) is 0 Å². The van der Waals surface area contributed by atoms with Crippen LogP contribution in [0, 0.1) is 0 Å². The van der Waals surface area contributed by atoms with E-state index in [0.717, 1.165) is 12.2 Å². The normalized spacial score (nSPS) is 36.2. The van der Waals surface area contributed by atoms with Crippen molar-refractivity contribution in [3.05, 3.63) is 0 Å². The highest BCUT2D eigenvalue weighted by Crippen LogP contribution is 2.35. The molecule has 0 aromatic rings. The maximum atomic E-state index is 11.9. The van der Waals surface area contributed by atoms with Crippen LogP contribution in [0.25, 0.3) is 0 Å². The van der Waals surface area contributed by atoms with Crippen LogP contribution in [0.4, 0.5) is 0 Å². The van der Waals surface area contributed by atoms with Crippen LogP contribution in [0.5, 0.6) is 0 Å². The van der Waals surface area contributed by atoms with E-state index in [1.165, 1.54) is 4.90 Å². The van der Waals surface area contributed by atoms with Crippen molar-refractivity contribution in [1.82, 2.24) is 4.90 Å². The molecule has 84 valence electrons. The minimum absolute atomic E-state index is 0.0205. The van der Waals surface area contributed by atoms with Gasteiger partial charge in [-0.05, 0) is 25.0 Å². The van der Waals surface area contributed by atoms with Gasteiger partial charge in [-0.1, -0.05) is 0 Å². The molecule has 3 atom stereocenters. The first-order chi connectivity index (χ1) is 7.11. The Balaban J connectivity index is 2.23. The molecule has 0 aliphatic carbocycles. The summed E-state index contributed by atoms with van der Waals surface area (Å²) in [5.74, 6) is -0.282. The summed E-state index contributed by atoms with van der Waals surface area (Å²) in [6, 6.07) is -1.19. The van der Waals surface area contributed by atoms with Gasteiger partial charge in [-0.2, -0.15) is 0 Å². The predicted molar refractivity (Wildman–Crippen MR) is 56.3 cm³/mol. The first-order valence-electron chi connectivity index (χ1n) is 5.03. The average molecular weight is 230 g/mol. The fourth-order valence-electron chi connectivity index (χ4n) is 2.13. The van der Waals surface area contributed by atoms with E-state index in [1.807, 2.05) is 0 Å². The zero-order chi connectivity index (χ0) is 11.0. The third kappa shape index (κ3) is 1.83. The van der Waals surface area contributed by atoms with E-state index in [1.54, 1.807) is 11.8 Å². The lowest BCUT2D eigenvalue weighted by Crippen LogP contribution is -2.49. The first-order valence-corrected chi connectivity index (χ1v) is 6.08. The second-order valence-corrected chi connectivity index (χ2v) is 5.18. The molecule has 2 heterocycles. The molecule has 2 rings (SSSR count). The van der Waals surface area contributed by atoms with E-state index in [4.69, 9.17) is 10.8 Å². The number of hydrogen-bond acceptors (Lipinski definition) is 4. The second-order valence-electron chi connectivity index (χ2n) is 3.90. The zero-order valence-corrected chi connectivity index (χ0v) is 9.07. The topological polar surface area (TPSA) is 83.6 Å². The summed E-state index contributed by atoms with van der Waals surface area (Å²) in [5, 5.41) is 9.02. The second kappa shape index (κ2) is 4.02. The van der Waals surface area contributed by atoms with Crippen LogP contribution in [0.15, 0.2) is 0 Å². The van der Waals surface area contributed by atoms with E-state index in [2.05, 4.69) is 0 Å². The Bertz CT molecular complexity index is 297. The highest BCUT2D eigenvalue weighted by Gasteiger charge is 2.43. The van der Waals surface area contributed by atoms with Crippen LogP contribution < -0.4 is 5.73 Å². The smallest absolute Gasteiger partial charge is 0.326 e. The van der Waals surface area contributed by atoms with E-state index in [-0.39, 0.29) is 11.3 Å². The number of carbonyl (C=O) groups excluding carboxylic acids is 1. The third-order valence-electron chi connectivity index (χ3n) is 2.93.